The largest absolute Gasteiger partial charge is 0.323 e. The van der Waals surface area contributed by atoms with Crippen molar-refractivity contribution in [2.24, 2.45) is 0 Å². The summed E-state index contributed by atoms with van der Waals surface area (Å²) in [4.78, 5) is 17.6. The number of carbonyl (C=O) groups is 1. The Morgan fingerprint density at radius 3 is 2.94 bits per heavy atom. The first-order chi connectivity index (χ1) is 8.46. The first-order valence-corrected chi connectivity index (χ1v) is 6.76. The van der Waals surface area contributed by atoms with E-state index in [4.69, 9.17) is 0 Å². The number of urea groups is 1. The van der Waals surface area contributed by atoms with Crippen molar-refractivity contribution in [1.29, 1.82) is 0 Å². The zero-order valence-electron chi connectivity index (χ0n) is 10.4. The van der Waals surface area contributed by atoms with E-state index >= 15 is 0 Å². The lowest BCUT2D eigenvalue weighted by molar-refractivity contribution is 0.208. The fraction of sp³-hybridized carbons (Fsp3) is 0.500. The van der Waals surface area contributed by atoms with E-state index in [1.807, 2.05) is 11.8 Å². The van der Waals surface area contributed by atoms with E-state index in [2.05, 4.69) is 24.1 Å². The highest BCUT2D eigenvalue weighted by atomic mass is 32.2. The van der Waals surface area contributed by atoms with Gasteiger partial charge in [0.05, 0.1) is 6.20 Å². The molecule has 1 aliphatic heterocycles. The quantitative estimate of drug-likeness (QED) is 0.852. The molecule has 2 rings (SSSR count). The Balaban J connectivity index is 1.97. The van der Waals surface area contributed by atoms with E-state index in [9.17, 15) is 9.18 Å². The SMILES string of the molecule is CC1(C)CN(C(=O)Nc2ccc(F)cn2)CCS1. The topological polar surface area (TPSA) is 45.2 Å². The van der Waals surface area contributed by atoms with Gasteiger partial charge in [-0.3, -0.25) is 5.32 Å². The van der Waals surface area contributed by atoms with Crippen molar-refractivity contribution in [1.82, 2.24) is 9.88 Å². The van der Waals surface area contributed by atoms with Gasteiger partial charge in [-0.2, -0.15) is 11.8 Å². The molecule has 2 heterocycles. The highest BCUT2D eigenvalue weighted by Crippen LogP contribution is 2.29. The number of hydrogen-bond acceptors (Lipinski definition) is 3. The molecule has 1 aliphatic rings. The average Bonchev–Trinajstić information content (AvgIpc) is 2.31. The van der Waals surface area contributed by atoms with Crippen LogP contribution in [-0.4, -0.2) is 39.5 Å². The van der Waals surface area contributed by atoms with Crippen LogP contribution in [0.4, 0.5) is 15.0 Å². The standard InChI is InChI=1S/C12H16FN3OS/c1-12(2)8-16(5-6-18-12)11(17)15-10-4-3-9(13)7-14-10/h3-4,7H,5-6,8H2,1-2H3,(H,14,15,17). The number of amides is 2. The van der Waals surface area contributed by atoms with Crippen molar-refractivity contribution in [3.63, 3.8) is 0 Å². The fourth-order valence-electron chi connectivity index (χ4n) is 1.83. The average molecular weight is 269 g/mol. The van der Waals surface area contributed by atoms with Crippen LogP contribution in [0.1, 0.15) is 13.8 Å². The highest BCUT2D eigenvalue weighted by molar-refractivity contribution is 8.00. The van der Waals surface area contributed by atoms with Crippen LogP contribution >= 0.6 is 11.8 Å². The van der Waals surface area contributed by atoms with E-state index in [0.717, 1.165) is 18.5 Å². The van der Waals surface area contributed by atoms with Gasteiger partial charge in [-0.25, -0.2) is 14.2 Å². The third-order valence-corrected chi connectivity index (χ3v) is 3.97. The Kier molecular flexibility index (Phi) is 3.75. The lowest BCUT2D eigenvalue weighted by Gasteiger charge is -2.37. The highest BCUT2D eigenvalue weighted by Gasteiger charge is 2.29. The molecule has 4 nitrogen and oxygen atoms in total. The fourth-order valence-corrected chi connectivity index (χ4v) is 2.94. The van der Waals surface area contributed by atoms with Gasteiger partial charge >= 0.3 is 6.03 Å². The molecule has 1 aromatic rings. The molecule has 0 radical (unpaired) electrons. The molecule has 0 aromatic carbocycles. The Morgan fingerprint density at radius 2 is 2.33 bits per heavy atom. The van der Waals surface area contributed by atoms with E-state index in [-0.39, 0.29) is 10.8 Å². The van der Waals surface area contributed by atoms with E-state index < -0.39 is 5.82 Å². The summed E-state index contributed by atoms with van der Waals surface area (Å²) >= 11 is 1.86. The number of anilines is 1. The number of carbonyl (C=O) groups excluding carboxylic acids is 1. The van der Waals surface area contributed by atoms with Gasteiger partial charge in [0.25, 0.3) is 0 Å². The first kappa shape index (κ1) is 13.1. The lowest BCUT2D eigenvalue weighted by atomic mass is 10.2. The van der Waals surface area contributed by atoms with Crippen molar-refractivity contribution in [2.45, 2.75) is 18.6 Å². The third kappa shape index (κ3) is 3.35. The zero-order chi connectivity index (χ0) is 13.2. The summed E-state index contributed by atoms with van der Waals surface area (Å²) in [6.45, 7) is 5.66. The Labute approximate surface area is 110 Å². The molecule has 0 bridgehead atoms. The summed E-state index contributed by atoms with van der Waals surface area (Å²) in [6.07, 6.45) is 1.09. The van der Waals surface area contributed by atoms with E-state index in [0.29, 0.717) is 12.4 Å². The number of pyridine rings is 1. The van der Waals surface area contributed by atoms with Crippen molar-refractivity contribution >= 4 is 23.6 Å². The summed E-state index contributed by atoms with van der Waals surface area (Å²) in [5, 5.41) is 2.68. The molecular formula is C12H16FN3OS. The summed E-state index contributed by atoms with van der Waals surface area (Å²) in [7, 11) is 0. The maximum absolute atomic E-state index is 12.7. The van der Waals surface area contributed by atoms with Crippen molar-refractivity contribution in [3.8, 4) is 0 Å². The van der Waals surface area contributed by atoms with Gasteiger partial charge in [0.2, 0.25) is 0 Å². The number of hydrogen-bond donors (Lipinski definition) is 1. The second kappa shape index (κ2) is 5.14. The molecule has 18 heavy (non-hydrogen) atoms. The molecule has 0 aliphatic carbocycles. The monoisotopic (exact) mass is 269 g/mol. The maximum atomic E-state index is 12.7. The van der Waals surface area contributed by atoms with Crippen LogP contribution in [-0.2, 0) is 0 Å². The summed E-state index contributed by atoms with van der Waals surface area (Å²) in [6, 6.07) is 2.55. The summed E-state index contributed by atoms with van der Waals surface area (Å²) < 4.78 is 12.8. The molecule has 1 aromatic heterocycles. The van der Waals surface area contributed by atoms with Crippen LogP contribution in [0, 0.1) is 5.82 Å². The molecule has 1 saturated heterocycles. The normalized spacial score (nSPS) is 18.5. The van der Waals surface area contributed by atoms with Crippen LogP contribution in [0.5, 0.6) is 0 Å². The van der Waals surface area contributed by atoms with Gasteiger partial charge < -0.3 is 4.90 Å². The van der Waals surface area contributed by atoms with Crippen molar-refractivity contribution in [2.75, 3.05) is 24.2 Å². The predicted molar refractivity (Wildman–Crippen MR) is 71.3 cm³/mol. The number of aromatic nitrogens is 1. The molecule has 0 spiro atoms. The molecule has 6 heteroatoms. The van der Waals surface area contributed by atoms with Crippen LogP contribution < -0.4 is 5.32 Å². The molecule has 0 saturated carbocycles. The van der Waals surface area contributed by atoms with Crippen LogP contribution in [0.2, 0.25) is 0 Å². The predicted octanol–water partition coefficient (Wildman–Crippen LogP) is 2.58. The number of thioether (sulfide) groups is 1. The molecule has 98 valence electrons. The Hall–Kier alpha value is -1.30. The molecule has 1 fully saturated rings. The zero-order valence-corrected chi connectivity index (χ0v) is 11.3. The smallest absolute Gasteiger partial charge is 0.322 e. The van der Waals surface area contributed by atoms with E-state index in [1.54, 1.807) is 4.90 Å². The van der Waals surface area contributed by atoms with Gasteiger partial charge in [-0.15, -0.1) is 0 Å². The maximum Gasteiger partial charge on any atom is 0.323 e. The van der Waals surface area contributed by atoms with Crippen LogP contribution in [0.15, 0.2) is 18.3 Å². The molecule has 0 unspecified atom stereocenters. The van der Waals surface area contributed by atoms with Crippen LogP contribution in [0.3, 0.4) is 0 Å². The van der Waals surface area contributed by atoms with Crippen molar-refractivity contribution in [3.05, 3.63) is 24.1 Å². The minimum atomic E-state index is -0.413. The summed E-state index contributed by atoms with van der Waals surface area (Å²) in [5.41, 5.74) is 0. The van der Waals surface area contributed by atoms with Crippen LogP contribution in [0.25, 0.3) is 0 Å². The third-order valence-electron chi connectivity index (χ3n) is 2.68. The molecular weight excluding hydrogens is 253 g/mol. The number of nitrogens with one attached hydrogen (secondary N) is 1. The van der Waals surface area contributed by atoms with Crippen molar-refractivity contribution < 1.29 is 9.18 Å². The second-order valence-corrected chi connectivity index (χ2v) is 6.62. The lowest BCUT2D eigenvalue weighted by Crippen LogP contribution is -2.47. The number of halogens is 1. The number of rotatable bonds is 1. The Bertz CT molecular complexity index is 435. The second-order valence-electron chi connectivity index (χ2n) is 4.82. The van der Waals surface area contributed by atoms with Gasteiger partial charge in [-0.1, -0.05) is 0 Å². The summed E-state index contributed by atoms with van der Waals surface area (Å²) in [5.74, 6) is 0.887. The minimum absolute atomic E-state index is 0.0752. The van der Waals surface area contributed by atoms with E-state index in [1.165, 1.54) is 12.1 Å². The minimum Gasteiger partial charge on any atom is -0.322 e. The van der Waals surface area contributed by atoms with Gasteiger partial charge in [0.15, 0.2) is 0 Å². The van der Waals surface area contributed by atoms with Gasteiger partial charge in [0, 0.05) is 23.6 Å². The Morgan fingerprint density at radius 1 is 1.56 bits per heavy atom. The molecule has 2 amide bonds. The van der Waals surface area contributed by atoms with Gasteiger partial charge in [-0.05, 0) is 26.0 Å². The van der Waals surface area contributed by atoms with Gasteiger partial charge in [0.1, 0.15) is 11.6 Å². The number of nitrogens with zero attached hydrogens (tertiary/aromatic N) is 2. The first-order valence-electron chi connectivity index (χ1n) is 5.78. The molecule has 0 atom stereocenters. The molecule has 1 N–H and O–H groups in total.